The lowest BCUT2D eigenvalue weighted by Gasteiger charge is -2.13. The number of hydrogen-bond acceptors (Lipinski definition) is 3. The van der Waals surface area contributed by atoms with Crippen molar-refractivity contribution in [1.82, 2.24) is 10.6 Å². The highest BCUT2D eigenvalue weighted by Gasteiger charge is 2.08. The molecule has 19 heavy (non-hydrogen) atoms. The molecule has 1 amide bonds. The largest absolute Gasteiger partial charge is 0.380 e. The number of nitrogens with one attached hydrogen (secondary N) is 2. The zero-order valence-electron chi connectivity index (χ0n) is 12.0. The fourth-order valence-corrected chi connectivity index (χ4v) is 1.99. The van der Waals surface area contributed by atoms with Crippen LogP contribution in [0, 0.1) is 0 Å². The molecule has 0 saturated carbocycles. The van der Waals surface area contributed by atoms with E-state index in [0.717, 1.165) is 17.7 Å². The topological polar surface area (TPSA) is 50.4 Å². The molecule has 0 saturated heterocycles. The van der Waals surface area contributed by atoms with Gasteiger partial charge in [0.25, 0.3) is 0 Å². The van der Waals surface area contributed by atoms with E-state index in [9.17, 15) is 4.79 Å². The fraction of sp³-hybridized carbons (Fsp3) is 0.533. The summed E-state index contributed by atoms with van der Waals surface area (Å²) in [6.07, 6.45) is 0.500. The molecule has 0 heterocycles. The molecule has 4 nitrogen and oxygen atoms in total. The first-order valence-corrected chi connectivity index (χ1v) is 6.73. The van der Waals surface area contributed by atoms with Crippen molar-refractivity contribution < 1.29 is 9.53 Å². The molecule has 0 aliphatic heterocycles. The van der Waals surface area contributed by atoms with Crippen LogP contribution < -0.4 is 10.6 Å². The van der Waals surface area contributed by atoms with Crippen LogP contribution >= 0.6 is 0 Å². The van der Waals surface area contributed by atoms with Gasteiger partial charge in [-0.1, -0.05) is 31.2 Å². The third kappa shape index (κ3) is 5.85. The van der Waals surface area contributed by atoms with Crippen LogP contribution in [0.1, 0.15) is 31.4 Å². The minimum atomic E-state index is 0.0701. The summed E-state index contributed by atoms with van der Waals surface area (Å²) in [6, 6.07) is 8.20. The third-order valence-electron chi connectivity index (χ3n) is 2.94. The van der Waals surface area contributed by atoms with Crippen molar-refractivity contribution in [2.75, 3.05) is 13.7 Å². The summed E-state index contributed by atoms with van der Waals surface area (Å²) in [4.78, 5) is 11.8. The maximum Gasteiger partial charge on any atom is 0.221 e. The first-order chi connectivity index (χ1) is 9.17. The van der Waals surface area contributed by atoms with Gasteiger partial charge < -0.3 is 15.4 Å². The van der Waals surface area contributed by atoms with Crippen molar-refractivity contribution in [1.29, 1.82) is 0 Å². The van der Waals surface area contributed by atoms with Gasteiger partial charge in [-0.15, -0.1) is 0 Å². The summed E-state index contributed by atoms with van der Waals surface area (Å²) in [7, 11) is 1.67. The smallest absolute Gasteiger partial charge is 0.221 e. The second-order valence-corrected chi connectivity index (χ2v) is 4.64. The van der Waals surface area contributed by atoms with E-state index in [-0.39, 0.29) is 11.9 Å². The Morgan fingerprint density at radius 1 is 1.32 bits per heavy atom. The van der Waals surface area contributed by atoms with Gasteiger partial charge in [-0.05, 0) is 24.6 Å². The first kappa shape index (κ1) is 15.7. The van der Waals surface area contributed by atoms with Crippen LogP contribution in [0.5, 0.6) is 0 Å². The molecule has 1 rings (SSSR count). The van der Waals surface area contributed by atoms with Crippen LogP contribution in [-0.2, 0) is 22.7 Å². The zero-order chi connectivity index (χ0) is 14.1. The van der Waals surface area contributed by atoms with Crippen molar-refractivity contribution >= 4 is 5.91 Å². The number of hydrogen-bond donors (Lipinski definition) is 2. The van der Waals surface area contributed by atoms with E-state index < -0.39 is 0 Å². The second-order valence-electron chi connectivity index (χ2n) is 4.64. The van der Waals surface area contributed by atoms with Crippen molar-refractivity contribution in [2.45, 2.75) is 39.5 Å². The standard InChI is InChI=1S/C15H24N2O2/c1-4-16-12(2)9-15(18)17-10-13-7-5-6-8-14(13)11-19-3/h5-8,12,16H,4,9-11H2,1-3H3,(H,17,18). The molecule has 0 radical (unpaired) electrons. The molecule has 4 heteroatoms. The lowest BCUT2D eigenvalue weighted by molar-refractivity contribution is -0.121. The van der Waals surface area contributed by atoms with Gasteiger partial charge in [-0.3, -0.25) is 4.79 Å². The minimum absolute atomic E-state index is 0.0701. The number of amides is 1. The van der Waals surface area contributed by atoms with Crippen LogP contribution in [0.4, 0.5) is 0 Å². The number of ether oxygens (including phenoxy) is 1. The Morgan fingerprint density at radius 2 is 2.00 bits per heavy atom. The van der Waals surface area contributed by atoms with E-state index in [1.165, 1.54) is 0 Å². The molecule has 1 aromatic carbocycles. The van der Waals surface area contributed by atoms with Crippen molar-refractivity contribution in [3.05, 3.63) is 35.4 Å². The lowest BCUT2D eigenvalue weighted by Crippen LogP contribution is -2.33. The molecule has 106 valence electrons. The van der Waals surface area contributed by atoms with Crippen molar-refractivity contribution in [3.63, 3.8) is 0 Å². The predicted octanol–water partition coefficient (Wildman–Crippen LogP) is 1.84. The molecule has 0 aromatic heterocycles. The molecule has 0 spiro atoms. The van der Waals surface area contributed by atoms with E-state index in [0.29, 0.717) is 19.6 Å². The van der Waals surface area contributed by atoms with Crippen LogP contribution in [0.25, 0.3) is 0 Å². The summed E-state index contributed by atoms with van der Waals surface area (Å²) in [5, 5.41) is 6.18. The average molecular weight is 264 g/mol. The minimum Gasteiger partial charge on any atom is -0.380 e. The van der Waals surface area contributed by atoms with Crippen LogP contribution in [0.15, 0.2) is 24.3 Å². The highest BCUT2D eigenvalue weighted by Crippen LogP contribution is 2.09. The Labute approximate surface area is 115 Å². The summed E-state index contributed by atoms with van der Waals surface area (Å²) in [6.45, 7) is 6.06. The summed E-state index contributed by atoms with van der Waals surface area (Å²) in [5.74, 6) is 0.0701. The first-order valence-electron chi connectivity index (χ1n) is 6.73. The molecular formula is C15H24N2O2. The number of benzene rings is 1. The van der Waals surface area contributed by atoms with Crippen LogP contribution in [-0.4, -0.2) is 25.6 Å². The molecule has 1 atom stereocenters. The Kier molecular flexibility index (Phi) is 7.15. The lowest BCUT2D eigenvalue weighted by atomic mass is 10.1. The van der Waals surface area contributed by atoms with Gasteiger partial charge in [-0.2, -0.15) is 0 Å². The monoisotopic (exact) mass is 264 g/mol. The number of carbonyl (C=O) groups excluding carboxylic acids is 1. The van der Waals surface area contributed by atoms with E-state index in [2.05, 4.69) is 10.6 Å². The van der Waals surface area contributed by atoms with Crippen molar-refractivity contribution in [3.8, 4) is 0 Å². The SMILES string of the molecule is CCNC(C)CC(=O)NCc1ccccc1COC. The molecule has 0 fully saturated rings. The van der Waals surface area contributed by atoms with Gasteiger partial charge in [0.15, 0.2) is 0 Å². The Hall–Kier alpha value is -1.39. The highest BCUT2D eigenvalue weighted by molar-refractivity contribution is 5.76. The van der Waals surface area contributed by atoms with Gasteiger partial charge >= 0.3 is 0 Å². The quantitative estimate of drug-likeness (QED) is 0.753. The van der Waals surface area contributed by atoms with Gasteiger partial charge in [0.2, 0.25) is 5.91 Å². The van der Waals surface area contributed by atoms with E-state index in [4.69, 9.17) is 4.74 Å². The molecule has 1 aromatic rings. The number of rotatable bonds is 8. The molecular weight excluding hydrogens is 240 g/mol. The number of methoxy groups -OCH3 is 1. The predicted molar refractivity (Wildman–Crippen MR) is 76.8 cm³/mol. The van der Waals surface area contributed by atoms with E-state index in [1.807, 2.05) is 38.1 Å². The van der Waals surface area contributed by atoms with E-state index >= 15 is 0 Å². The Bertz CT molecular complexity index is 393. The summed E-state index contributed by atoms with van der Waals surface area (Å²) >= 11 is 0. The Morgan fingerprint density at radius 3 is 2.63 bits per heavy atom. The van der Waals surface area contributed by atoms with Gasteiger partial charge in [0.05, 0.1) is 6.61 Å². The number of carbonyl (C=O) groups is 1. The van der Waals surface area contributed by atoms with Crippen molar-refractivity contribution in [2.24, 2.45) is 0 Å². The molecule has 0 aliphatic carbocycles. The maximum atomic E-state index is 11.8. The highest BCUT2D eigenvalue weighted by atomic mass is 16.5. The van der Waals surface area contributed by atoms with Gasteiger partial charge in [-0.25, -0.2) is 0 Å². The maximum absolute atomic E-state index is 11.8. The molecule has 0 aliphatic rings. The molecule has 0 bridgehead atoms. The Balaban J connectivity index is 2.45. The normalized spacial score (nSPS) is 12.2. The zero-order valence-corrected chi connectivity index (χ0v) is 12.0. The second kappa shape index (κ2) is 8.67. The third-order valence-corrected chi connectivity index (χ3v) is 2.94. The fourth-order valence-electron chi connectivity index (χ4n) is 1.99. The summed E-state index contributed by atoms with van der Waals surface area (Å²) < 4.78 is 5.15. The van der Waals surface area contributed by atoms with Crippen LogP contribution in [0.3, 0.4) is 0 Å². The molecule has 1 unspecified atom stereocenters. The summed E-state index contributed by atoms with van der Waals surface area (Å²) in [5.41, 5.74) is 2.22. The molecule has 2 N–H and O–H groups in total. The van der Waals surface area contributed by atoms with Gasteiger partial charge in [0.1, 0.15) is 0 Å². The van der Waals surface area contributed by atoms with E-state index in [1.54, 1.807) is 7.11 Å². The average Bonchev–Trinajstić information content (AvgIpc) is 2.38. The van der Waals surface area contributed by atoms with Gasteiger partial charge in [0, 0.05) is 26.1 Å². The van der Waals surface area contributed by atoms with Crippen LogP contribution in [0.2, 0.25) is 0 Å².